The van der Waals surface area contributed by atoms with Crippen LogP contribution in [0.25, 0.3) is 0 Å². The number of rotatable bonds is 1. The lowest BCUT2D eigenvalue weighted by molar-refractivity contribution is -0.123. The molecule has 0 bridgehead atoms. The Kier molecular flexibility index (Phi) is 1.57. The topological polar surface area (TPSA) is 33.2 Å². The van der Waals surface area contributed by atoms with Gasteiger partial charge < -0.3 is 4.90 Å². The fourth-order valence-electron chi connectivity index (χ4n) is 1.47. The minimum Gasteiger partial charge on any atom is -0.308 e. The molecular weight excluding hydrogens is 152 g/mol. The molecule has 0 spiro atoms. The molecule has 2 rings (SSSR count). The molecule has 1 aromatic rings. The number of hydrogen-bond acceptors (Lipinski definition) is 2. The van der Waals surface area contributed by atoms with E-state index in [1.54, 1.807) is 17.3 Å². The molecule has 1 atom stereocenters. The predicted octanol–water partition coefficient (Wildman–Crippen LogP) is 1.21. The standard InChI is InChI=1S/C9H10N2O/c1-7-5-9(12)11(7)8-3-2-4-10-6-8/h2-4,6-7H,5H2,1H3. The highest BCUT2D eigenvalue weighted by atomic mass is 16.2. The van der Waals surface area contributed by atoms with Crippen LogP contribution in [0.15, 0.2) is 24.5 Å². The van der Waals surface area contributed by atoms with E-state index in [1.165, 1.54) is 0 Å². The van der Waals surface area contributed by atoms with Gasteiger partial charge in [-0.05, 0) is 19.1 Å². The molecule has 1 amide bonds. The molecule has 0 aromatic carbocycles. The van der Waals surface area contributed by atoms with Gasteiger partial charge in [0, 0.05) is 18.7 Å². The summed E-state index contributed by atoms with van der Waals surface area (Å²) in [5.74, 6) is 0.190. The lowest BCUT2D eigenvalue weighted by Gasteiger charge is -2.37. The first kappa shape index (κ1) is 7.28. The highest BCUT2D eigenvalue weighted by Gasteiger charge is 2.33. The maximum absolute atomic E-state index is 11.1. The Labute approximate surface area is 71.0 Å². The van der Waals surface area contributed by atoms with Crippen LogP contribution in [0.3, 0.4) is 0 Å². The van der Waals surface area contributed by atoms with Crippen LogP contribution in [0, 0.1) is 0 Å². The van der Waals surface area contributed by atoms with Gasteiger partial charge in [0.1, 0.15) is 0 Å². The van der Waals surface area contributed by atoms with E-state index in [0.29, 0.717) is 12.5 Å². The minimum atomic E-state index is 0.190. The molecule has 1 saturated heterocycles. The van der Waals surface area contributed by atoms with Gasteiger partial charge >= 0.3 is 0 Å². The van der Waals surface area contributed by atoms with Crippen LogP contribution in [0.4, 0.5) is 5.69 Å². The molecule has 0 radical (unpaired) electrons. The maximum atomic E-state index is 11.1. The Balaban J connectivity index is 2.26. The number of aromatic nitrogens is 1. The van der Waals surface area contributed by atoms with Gasteiger partial charge in [-0.2, -0.15) is 0 Å². The Morgan fingerprint density at radius 1 is 1.67 bits per heavy atom. The Bertz CT molecular complexity index is 297. The van der Waals surface area contributed by atoms with Crippen molar-refractivity contribution in [3.05, 3.63) is 24.5 Å². The van der Waals surface area contributed by atoms with Gasteiger partial charge in [0.05, 0.1) is 11.9 Å². The van der Waals surface area contributed by atoms with E-state index in [9.17, 15) is 4.79 Å². The third-order valence-electron chi connectivity index (χ3n) is 2.10. The zero-order valence-electron chi connectivity index (χ0n) is 6.90. The number of amides is 1. The van der Waals surface area contributed by atoms with Crippen molar-refractivity contribution in [2.45, 2.75) is 19.4 Å². The van der Waals surface area contributed by atoms with E-state index in [0.717, 1.165) is 5.69 Å². The van der Waals surface area contributed by atoms with Gasteiger partial charge in [-0.25, -0.2) is 0 Å². The minimum absolute atomic E-state index is 0.190. The lowest BCUT2D eigenvalue weighted by atomic mass is 10.0. The molecular formula is C9H10N2O. The molecule has 1 aromatic heterocycles. The number of anilines is 1. The van der Waals surface area contributed by atoms with Crippen LogP contribution >= 0.6 is 0 Å². The molecule has 0 N–H and O–H groups in total. The van der Waals surface area contributed by atoms with Gasteiger partial charge in [0.2, 0.25) is 5.91 Å². The fraction of sp³-hybridized carbons (Fsp3) is 0.333. The van der Waals surface area contributed by atoms with Crippen molar-refractivity contribution < 1.29 is 4.79 Å². The molecule has 3 heteroatoms. The first-order valence-corrected chi connectivity index (χ1v) is 4.01. The monoisotopic (exact) mass is 162 g/mol. The summed E-state index contributed by atoms with van der Waals surface area (Å²) in [6, 6.07) is 4.08. The maximum Gasteiger partial charge on any atom is 0.229 e. The number of pyridine rings is 1. The van der Waals surface area contributed by atoms with E-state index in [-0.39, 0.29) is 5.91 Å². The first-order chi connectivity index (χ1) is 5.79. The summed E-state index contributed by atoms with van der Waals surface area (Å²) in [7, 11) is 0. The number of hydrogen-bond donors (Lipinski definition) is 0. The first-order valence-electron chi connectivity index (χ1n) is 4.01. The third kappa shape index (κ3) is 0.978. The number of nitrogens with zero attached hydrogens (tertiary/aromatic N) is 2. The van der Waals surface area contributed by atoms with E-state index < -0.39 is 0 Å². The molecule has 62 valence electrons. The largest absolute Gasteiger partial charge is 0.308 e. The highest BCUT2D eigenvalue weighted by molar-refractivity contribution is 6.00. The second-order valence-corrected chi connectivity index (χ2v) is 3.03. The normalized spacial score (nSPS) is 22.2. The molecule has 3 nitrogen and oxygen atoms in total. The molecule has 0 aliphatic carbocycles. The van der Waals surface area contributed by atoms with E-state index in [4.69, 9.17) is 0 Å². The average molecular weight is 162 g/mol. The van der Waals surface area contributed by atoms with Crippen LogP contribution in [-0.2, 0) is 4.79 Å². The summed E-state index contributed by atoms with van der Waals surface area (Å²) >= 11 is 0. The summed E-state index contributed by atoms with van der Waals surface area (Å²) in [5.41, 5.74) is 0.904. The summed E-state index contributed by atoms with van der Waals surface area (Å²) in [6.07, 6.45) is 4.08. The van der Waals surface area contributed by atoms with Crippen LogP contribution in [-0.4, -0.2) is 16.9 Å². The van der Waals surface area contributed by atoms with Crippen molar-refractivity contribution in [1.29, 1.82) is 0 Å². The number of carbonyl (C=O) groups excluding carboxylic acids is 1. The zero-order chi connectivity index (χ0) is 8.55. The van der Waals surface area contributed by atoms with E-state index in [1.807, 2.05) is 19.1 Å². The summed E-state index contributed by atoms with van der Waals surface area (Å²) in [5, 5.41) is 0. The predicted molar refractivity (Wildman–Crippen MR) is 45.8 cm³/mol. The van der Waals surface area contributed by atoms with Crippen molar-refractivity contribution in [2.24, 2.45) is 0 Å². The average Bonchev–Trinajstić information content (AvgIpc) is 2.05. The smallest absolute Gasteiger partial charge is 0.229 e. The molecule has 1 fully saturated rings. The van der Waals surface area contributed by atoms with Gasteiger partial charge in [-0.3, -0.25) is 9.78 Å². The van der Waals surface area contributed by atoms with Crippen molar-refractivity contribution in [3.8, 4) is 0 Å². The Morgan fingerprint density at radius 3 is 3.00 bits per heavy atom. The number of carbonyl (C=O) groups is 1. The third-order valence-corrected chi connectivity index (χ3v) is 2.10. The van der Waals surface area contributed by atoms with E-state index >= 15 is 0 Å². The molecule has 12 heavy (non-hydrogen) atoms. The quantitative estimate of drug-likeness (QED) is 0.581. The van der Waals surface area contributed by atoms with Gasteiger partial charge in [-0.1, -0.05) is 0 Å². The second kappa shape index (κ2) is 2.59. The summed E-state index contributed by atoms with van der Waals surface area (Å²) < 4.78 is 0. The van der Waals surface area contributed by atoms with Gasteiger partial charge in [0.25, 0.3) is 0 Å². The van der Waals surface area contributed by atoms with Crippen LogP contribution in [0.2, 0.25) is 0 Å². The zero-order valence-corrected chi connectivity index (χ0v) is 6.90. The highest BCUT2D eigenvalue weighted by Crippen LogP contribution is 2.25. The van der Waals surface area contributed by atoms with Crippen LogP contribution in [0.5, 0.6) is 0 Å². The molecule has 1 aliphatic rings. The van der Waals surface area contributed by atoms with Crippen LogP contribution in [0.1, 0.15) is 13.3 Å². The molecule has 1 aliphatic heterocycles. The van der Waals surface area contributed by atoms with Crippen molar-refractivity contribution in [1.82, 2.24) is 4.98 Å². The SMILES string of the molecule is CC1CC(=O)N1c1cccnc1. The fourth-order valence-corrected chi connectivity index (χ4v) is 1.47. The summed E-state index contributed by atoms with van der Waals surface area (Å²) in [6.45, 7) is 2.04. The summed E-state index contributed by atoms with van der Waals surface area (Å²) in [4.78, 5) is 16.9. The molecule has 0 saturated carbocycles. The Hall–Kier alpha value is -1.38. The van der Waals surface area contributed by atoms with Gasteiger partial charge in [0.15, 0.2) is 0 Å². The van der Waals surface area contributed by atoms with E-state index in [2.05, 4.69) is 4.98 Å². The van der Waals surface area contributed by atoms with Gasteiger partial charge in [-0.15, -0.1) is 0 Å². The second-order valence-electron chi connectivity index (χ2n) is 3.03. The molecule has 2 heterocycles. The van der Waals surface area contributed by atoms with Crippen LogP contribution < -0.4 is 4.90 Å². The lowest BCUT2D eigenvalue weighted by Crippen LogP contribution is -2.51. The molecule has 1 unspecified atom stereocenters. The van der Waals surface area contributed by atoms with Crippen molar-refractivity contribution in [3.63, 3.8) is 0 Å². The number of β-lactam (4-membered cyclic amide) rings is 1. The Morgan fingerprint density at radius 2 is 2.50 bits per heavy atom. The van der Waals surface area contributed by atoms with Crippen molar-refractivity contribution in [2.75, 3.05) is 4.90 Å². The van der Waals surface area contributed by atoms with Crippen molar-refractivity contribution >= 4 is 11.6 Å².